The molecule has 0 aromatic carbocycles. The molecule has 0 saturated carbocycles. The van der Waals surface area contributed by atoms with Crippen molar-refractivity contribution in [1.29, 1.82) is 0 Å². The minimum atomic E-state index is -4.89. The van der Waals surface area contributed by atoms with E-state index >= 15 is 0 Å². The van der Waals surface area contributed by atoms with Crippen molar-refractivity contribution in [2.24, 2.45) is 0 Å². The fourth-order valence-electron chi connectivity index (χ4n) is 0.0775. The molecule has 0 spiro atoms. The summed E-state index contributed by atoms with van der Waals surface area (Å²) in [5.41, 5.74) is 0.660. The van der Waals surface area contributed by atoms with E-state index in [9.17, 15) is 18.5 Å². The van der Waals surface area contributed by atoms with E-state index in [2.05, 4.69) is 4.28 Å². The average Bonchev–Trinajstić information content (AvgIpc) is 1.65. The van der Waals surface area contributed by atoms with Gasteiger partial charge < -0.3 is 0 Å². The van der Waals surface area contributed by atoms with Crippen molar-refractivity contribution < 1.29 is 22.2 Å². The van der Waals surface area contributed by atoms with Gasteiger partial charge in [-0.3, -0.25) is 5.21 Å². The maximum Gasteiger partial charge on any atom is 0.585 e. The molecule has 0 saturated heterocycles. The smallest absolute Gasteiger partial charge is 0.291 e. The first-order valence-electron chi connectivity index (χ1n) is 1.48. The van der Waals surface area contributed by atoms with Gasteiger partial charge in [0.15, 0.2) is 4.33 Å². The van der Waals surface area contributed by atoms with Crippen molar-refractivity contribution >= 4 is 10.3 Å². The summed E-state index contributed by atoms with van der Waals surface area (Å²) < 4.78 is 20.9. The van der Waals surface area contributed by atoms with Crippen LogP contribution in [-0.2, 0) is 14.6 Å². The Kier molecular flexibility index (Phi) is 2.45. The zero-order valence-corrected chi connectivity index (χ0v) is 4.66. The number of nitrogens with one attached hydrogen (secondary N) is 1. The summed E-state index contributed by atoms with van der Waals surface area (Å²) in [5, 5.41) is 16.8. The second-order valence-electron chi connectivity index (χ2n) is 0.826. The van der Waals surface area contributed by atoms with E-state index in [1.807, 2.05) is 0 Å². The van der Waals surface area contributed by atoms with E-state index in [0.29, 0.717) is 5.64 Å². The molecule has 0 unspecified atom stereocenters. The monoisotopic (exact) mass is 158 g/mol. The standard InChI is InChI=1S/H2N2O6S/c3-1-8-9(6,7)2(4)5/h1,3H. The molecule has 0 aliphatic heterocycles. The molecule has 0 heterocycles. The Morgan fingerprint density at radius 3 is 2.22 bits per heavy atom. The molecule has 9 heavy (non-hydrogen) atoms. The van der Waals surface area contributed by atoms with Crippen molar-refractivity contribution in [3.8, 4) is 0 Å². The fourth-order valence-corrected chi connectivity index (χ4v) is 0.233. The van der Waals surface area contributed by atoms with Crippen molar-refractivity contribution in [3.05, 3.63) is 10.1 Å². The average molecular weight is 158 g/mol. The zero-order chi connectivity index (χ0) is 7.49. The van der Waals surface area contributed by atoms with E-state index in [0.717, 1.165) is 0 Å². The molecule has 0 atom stereocenters. The van der Waals surface area contributed by atoms with Crippen molar-refractivity contribution in [2.45, 2.75) is 0 Å². The molecule has 8 nitrogen and oxygen atoms in total. The zero-order valence-electron chi connectivity index (χ0n) is 3.84. The van der Waals surface area contributed by atoms with Crippen LogP contribution in [0.5, 0.6) is 0 Å². The Balaban J connectivity index is 4.23. The molecule has 0 aliphatic carbocycles. The molecule has 0 aromatic rings. The second kappa shape index (κ2) is 2.68. The van der Waals surface area contributed by atoms with Crippen LogP contribution in [0.4, 0.5) is 0 Å². The summed E-state index contributed by atoms with van der Waals surface area (Å²) in [5.74, 6) is 0. The Morgan fingerprint density at radius 2 is 2.11 bits per heavy atom. The van der Waals surface area contributed by atoms with Gasteiger partial charge in [-0.2, -0.15) is 0 Å². The summed E-state index contributed by atoms with van der Waals surface area (Å²) in [7, 11) is -4.89. The molecule has 2 N–H and O–H groups in total. The molecule has 9 heteroatoms. The summed E-state index contributed by atoms with van der Waals surface area (Å²) in [6, 6.07) is 0. The third kappa shape index (κ3) is 2.32. The van der Waals surface area contributed by atoms with E-state index < -0.39 is 14.6 Å². The molecule has 54 valence electrons. The summed E-state index contributed by atoms with van der Waals surface area (Å²) >= 11 is 0. The third-order valence-corrected chi connectivity index (χ3v) is 0.975. The van der Waals surface area contributed by atoms with Crippen molar-refractivity contribution in [3.63, 3.8) is 0 Å². The van der Waals surface area contributed by atoms with Gasteiger partial charge in [-0.1, -0.05) is 9.93 Å². The van der Waals surface area contributed by atoms with E-state index in [1.54, 1.807) is 0 Å². The highest BCUT2D eigenvalue weighted by Crippen LogP contribution is 1.87. The highest BCUT2D eigenvalue weighted by Gasteiger charge is 2.25. The molecule has 0 aromatic heterocycles. The minimum Gasteiger partial charge on any atom is -0.291 e. The van der Waals surface area contributed by atoms with Crippen LogP contribution in [0.15, 0.2) is 0 Å². The predicted octanol–water partition coefficient (Wildman–Crippen LogP) is -1.58. The number of nitro groups is 1. The molecule has 0 fully saturated rings. The van der Waals surface area contributed by atoms with Gasteiger partial charge in [0.1, 0.15) is 0 Å². The maximum absolute atomic E-state index is 9.79. The van der Waals surface area contributed by atoms with Gasteiger partial charge in [-0.25, -0.2) is 10.1 Å². The van der Waals surface area contributed by atoms with Crippen LogP contribution in [0.3, 0.4) is 0 Å². The highest BCUT2D eigenvalue weighted by molar-refractivity contribution is 7.80. The first-order valence-corrected chi connectivity index (χ1v) is 2.84. The molecular weight excluding hydrogens is 156 g/mol. The molecule has 0 amide bonds. The largest absolute Gasteiger partial charge is 0.585 e. The van der Waals surface area contributed by atoms with E-state index in [1.165, 1.54) is 0 Å². The quantitative estimate of drug-likeness (QED) is 0.375. The lowest BCUT2D eigenvalue weighted by Crippen LogP contribution is -2.22. The third-order valence-electron chi connectivity index (χ3n) is 0.325. The molecular formula is H2N2O6S. The van der Waals surface area contributed by atoms with Crippen LogP contribution >= 0.6 is 0 Å². The molecule has 0 aliphatic rings. The van der Waals surface area contributed by atoms with Crippen LogP contribution in [0.2, 0.25) is 0 Å². The Bertz CT molecular complexity index is 189. The summed E-state index contributed by atoms with van der Waals surface area (Å²) in [4.78, 5) is 9.35. The Labute approximate surface area is 49.4 Å². The first kappa shape index (κ1) is 8.23. The lowest BCUT2D eigenvalue weighted by atomic mass is 13.3. The Hall–Kier alpha value is -0.770. The first-order chi connectivity index (χ1) is 4.00. The van der Waals surface area contributed by atoms with Gasteiger partial charge in [-0.15, -0.1) is 8.42 Å². The normalized spacial score (nSPS) is 11.2. The van der Waals surface area contributed by atoms with Gasteiger partial charge in [-0.05, 0) is 0 Å². The SMILES string of the molecule is O=[N+]([O-])S(=O)(=O)ONO. The number of rotatable bonds is 3. The van der Waals surface area contributed by atoms with Crippen LogP contribution in [0, 0.1) is 10.1 Å². The maximum atomic E-state index is 9.79. The molecule has 0 bridgehead atoms. The van der Waals surface area contributed by atoms with Gasteiger partial charge in [0.2, 0.25) is 0 Å². The molecule has 0 rings (SSSR count). The molecule has 0 radical (unpaired) electrons. The lowest BCUT2D eigenvalue weighted by molar-refractivity contribution is -0.326. The highest BCUT2D eigenvalue weighted by atomic mass is 32.2. The van der Waals surface area contributed by atoms with Gasteiger partial charge in [0.05, 0.1) is 0 Å². The minimum absolute atomic E-state index is 0.660. The summed E-state index contributed by atoms with van der Waals surface area (Å²) in [6.45, 7) is 0. The van der Waals surface area contributed by atoms with Crippen LogP contribution < -0.4 is 5.64 Å². The van der Waals surface area contributed by atoms with Crippen molar-refractivity contribution in [2.75, 3.05) is 0 Å². The Morgan fingerprint density at radius 1 is 1.67 bits per heavy atom. The predicted molar refractivity (Wildman–Crippen MR) is 21.9 cm³/mol. The number of hydrogen-bond donors (Lipinski definition) is 2. The van der Waals surface area contributed by atoms with E-state index in [4.69, 9.17) is 5.21 Å². The topological polar surface area (TPSA) is 119 Å². The lowest BCUT2D eigenvalue weighted by Gasteiger charge is -1.89. The van der Waals surface area contributed by atoms with Gasteiger partial charge in [0.25, 0.3) is 0 Å². The van der Waals surface area contributed by atoms with Crippen molar-refractivity contribution in [1.82, 2.24) is 5.64 Å². The van der Waals surface area contributed by atoms with Crippen LogP contribution in [0.1, 0.15) is 0 Å². The number of nitrogens with zero attached hydrogens (tertiary/aromatic N) is 1. The van der Waals surface area contributed by atoms with Crippen LogP contribution in [-0.4, -0.2) is 18.0 Å². The van der Waals surface area contributed by atoms with Gasteiger partial charge in [0, 0.05) is 0 Å². The van der Waals surface area contributed by atoms with Gasteiger partial charge >= 0.3 is 10.3 Å². The number of hydrogen-bond acceptors (Lipinski definition) is 7. The van der Waals surface area contributed by atoms with Crippen LogP contribution in [0.25, 0.3) is 0 Å². The van der Waals surface area contributed by atoms with E-state index in [-0.39, 0.29) is 0 Å². The second-order valence-corrected chi connectivity index (χ2v) is 2.15. The fraction of sp³-hybridized carbons (Fsp3) is 0. The summed E-state index contributed by atoms with van der Waals surface area (Å²) in [6.07, 6.45) is 0.